The monoisotopic (exact) mass is 633 g/mol. The molecule has 2 aromatic heterocycles. The zero-order chi connectivity index (χ0) is 31.7. The molecule has 6 rings (SSSR count). The number of nitrogens with zero attached hydrogens (tertiary/aromatic N) is 3. The molecule has 1 aliphatic heterocycles. The fourth-order valence-electron chi connectivity index (χ4n) is 5.25. The summed E-state index contributed by atoms with van der Waals surface area (Å²) >= 11 is 0. The van der Waals surface area contributed by atoms with Gasteiger partial charge in [0.15, 0.2) is 0 Å². The number of methoxy groups -OCH3 is 2. The molecule has 0 amide bonds. The predicted molar refractivity (Wildman–Crippen MR) is 168 cm³/mol. The number of halogens is 2. The number of sulfonamides is 1. The van der Waals surface area contributed by atoms with Crippen LogP contribution in [0.1, 0.15) is 0 Å². The van der Waals surface area contributed by atoms with E-state index in [-0.39, 0.29) is 11.6 Å². The second-order valence-corrected chi connectivity index (χ2v) is 11.9. The Morgan fingerprint density at radius 2 is 1.71 bits per heavy atom. The molecule has 13 heteroatoms. The van der Waals surface area contributed by atoms with Crippen LogP contribution in [0.2, 0.25) is 0 Å². The minimum absolute atomic E-state index is 0.0277. The Kier molecular flexibility index (Phi) is 8.12. The van der Waals surface area contributed by atoms with Crippen molar-refractivity contribution in [1.82, 2.24) is 9.97 Å². The summed E-state index contributed by atoms with van der Waals surface area (Å²) in [6.45, 7) is 2.91. The number of rotatable bonds is 8. The molecule has 0 unspecified atom stereocenters. The lowest BCUT2D eigenvalue weighted by molar-refractivity contribution is 0.122. The van der Waals surface area contributed by atoms with E-state index in [1.807, 2.05) is 30.3 Å². The maximum atomic E-state index is 14.3. The van der Waals surface area contributed by atoms with Gasteiger partial charge in [0.2, 0.25) is 5.88 Å². The van der Waals surface area contributed by atoms with E-state index in [4.69, 9.17) is 19.9 Å². The molecule has 3 aromatic carbocycles. The lowest BCUT2D eigenvalue weighted by Gasteiger charge is -2.29. The van der Waals surface area contributed by atoms with Crippen LogP contribution >= 0.6 is 0 Å². The lowest BCUT2D eigenvalue weighted by atomic mass is 9.99. The second-order valence-electron chi connectivity index (χ2n) is 10.3. The Balaban J connectivity index is 1.36. The molecular weight excluding hydrogens is 604 g/mol. The van der Waals surface area contributed by atoms with Crippen LogP contribution in [0.4, 0.5) is 26.0 Å². The number of nitrogens with one attached hydrogen (secondary N) is 1. The van der Waals surface area contributed by atoms with Crippen LogP contribution in [0.5, 0.6) is 11.6 Å². The predicted octanol–water partition coefficient (Wildman–Crippen LogP) is 5.48. The maximum absolute atomic E-state index is 14.3. The van der Waals surface area contributed by atoms with Gasteiger partial charge in [-0.25, -0.2) is 27.2 Å². The zero-order valence-corrected chi connectivity index (χ0v) is 25.2. The minimum atomic E-state index is -4.44. The van der Waals surface area contributed by atoms with Gasteiger partial charge in [0, 0.05) is 59.2 Å². The topological polar surface area (TPSA) is 129 Å². The van der Waals surface area contributed by atoms with E-state index >= 15 is 0 Å². The third kappa shape index (κ3) is 6.04. The molecule has 0 spiro atoms. The summed E-state index contributed by atoms with van der Waals surface area (Å²) < 4.78 is 72.5. The first-order chi connectivity index (χ1) is 21.7. The number of morpholine rings is 1. The third-order valence-corrected chi connectivity index (χ3v) is 8.90. The fourth-order valence-corrected chi connectivity index (χ4v) is 6.35. The number of fused-ring (bicyclic) bond motifs is 1. The van der Waals surface area contributed by atoms with Crippen molar-refractivity contribution in [3.05, 3.63) is 84.6 Å². The summed E-state index contributed by atoms with van der Waals surface area (Å²) in [5.74, 6) is -1.17. The van der Waals surface area contributed by atoms with Gasteiger partial charge in [0.25, 0.3) is 10.0 Å². The van der Waals surface area contributed by atoms with E-state index in [0.717, 1.165) is 41.9 Å². The van der Waals surface area contributed by atoms with Crippen molar-refractivity contribution < 1.29 is 31.4 Å². The first kappa shape index (κ1) is 30.0. The molecule has 45 heavy (non-hydrogen) atoms. The van der Waals surface area contributed by atoms with Crippen LogP contribution in [0.3, 0.4) is 0 Å². The average Bonchev–Trinajstić information content (AvgIpc) is 3.04. The summed E-state index contributed by atoms with van der Waals surface area (Å²) in [5.41, 5.74) is 10.8. The van der Waals surface area contributed by atoms with Gasteiger partial charge >= 0.3 is 0 Å². The van der Waals surface area contributed by atoms with E-state index in [2.05, 4.69) is 19.6 Å². The summed E-state index contributed by atoms with van der Waals surface area (Å²) in [5, 5.41) is 0.766. The first-order valence-electron chi connectivity index (χ1n) is 13.9. The van der Waals surface area contributed by atoms with Crippen LogP contribution < -0.4 is 24.8 Å². The van der Waals surface area contributed by atoms with E-state index < -0.39 is 26.6 Å². The van der Waals surface area contributed by atoms with E-state index in [0.29, 0.717) is 53.1 Å². The maximum Gasteiger partial charge on any atom is 0.264 e. The molecule has 3 N–H and O–H groups in total. The molecule has 5 aromatic rings. The molecular formula is C32H29F2N5O5S. The van der Waals surface area contributed by atoms with Crippen LogP contribution in [0.25, 0.3) is 33.2 Å². The average molecular weight is 634 g/mol. The van der Waals surface area contributed by atoms with Crippen molar-refractivity contribution in [3.8, 4) is 33.9 Å². The van der Waals surface area contributed by atoms with Gasteiger partial charge in [-0.2, -0.15) is 0 Å². The van der Waals surface area contributed by atoms with Crippen molar-refractivity contribution in [2.45, 2.75) is 4.90 Å². The molecule has 232 valence electrons. The number of anilines is 3. The normalized spacial score (nSPS) is 13.6. The molecule has 1 saturated heterocycles. The Labute approximate surface area is 258 Å². The second kappa shape index (κ2) is 12.2. The highest BCUT2D eigenvalue weighted by Gasteiger charge is 2.23. The van der Waals surface area contributed by atoms with Gasteiger partial charge in [0.05, 0.1) is 33.0 Å². The van der Waals surface area contributed by atoms with Crippen molar-refractivity contribution >= 4 is 38.1 Å². The highest BCUT2D eigenvalue weighted by molar-refractivity contribution is 7.92. The van der Waals surface area contributed by atoms with Crippen molar-refractivity contribution in [2.24, 2.45) is 0 Å². The van der Waals surface area contributed by atoms with Crippen LogP contribution in [-0.4, -0.2) is 58.9 Å². The SMILES string of the molecule is COc1cc(N2CCOCC2)ccc1-c1cc2cc(-c3cnc(OC)c(NS(=O)(=O)c4ccc(F)cc4F)c3)ccc2nc1N. The summed E-state index contributed by atoms with van der Waals surface area (Å²) in [6.07, 6.45) is 1.52. The van der Waals surface area contributed by atoms with Crippen LogP contribution in [-0.2, 0) is 14.8 Å². The molecule has 0 aliphatic carbocycles. The molecule has 10 nitrogen and oxygen atoms in total. The molecule has 1 aliphatic rings. The standard InChI is InChI=1S/C32H29F2N5O5S/c1-42-29-17-23(39-9-11-44-12-10-39)5-6-24(29)25-14-20-13-19(3-7-27(20)37-31(25)35)21-15-28(32(43-2)36-18-21)38-45(40,41)30-8-4-22(33)16-26(30)34/h3-8,13-18,38H,9-12H2,1-2H3,(H2,35,37). The lowest BCUT2D eigenvalue weighted by Crippen LogP contribution is -2.36. The fraction of sp³-hybridized carbons (Fsp3) is 0.188. The van der Waals surface area contributed by atoms with Crippen LogP contribution in [0.15, 0.2) is 77.8 Å². The van der Waals surface area contributed by atoms with E-state index in [1.54, 1.807) is 19.2 Å². The van der Waals surface area contributed by atoms with Gasteiger partial charge in [-0.1, -0.05) is 6.07 Å². The number of aromatic nitrogens is 2. The van der Waals surface area contributed by atoms with Crippen molar-refractivity contribution in [1.29, 1.82) is 0 Å². The van der Waals surface area contributed by atoms with Crippen molar-refractivity contribution in [3.63, 3.8) is 0 Å². The zero-order valence-electron chi connectivity index (χ0n) is 24.4. The summed E-state index contributed by atoms with van der Waals surface area (Å²) in [6, 6.07) is 17.1. The molecule has 0 saturated carbocycles. The molecule has 0 radical (unpaired) electrons. The van der Waals surface area contributed by atoms with E-state index in [1.165, 1.54) is 19.4 Å². The third-order valence-electron chi connectivity index (χ3n) is 7.50. The minimum Gasteiger partial charge on any atom is -0.496 e. The summed E-state index contributed by atoms with van der Waals surface area (Å²) in [4.78, 5) is 10.4. The Bertz CT molecular complexity index is 2020. The van der Waals surface area contributed by atoms with Gasteiger partial charge in [-0.15, -0.1) is 0 Å². The number of benzene rings is 3. The van der Waals surface area contributed by atoms with Gasteiger partial charge in [-0.05, 0) is 54.1 Å². The van der Waals surface area contributed by atoms with E-state index in [9.17, 15) is 17.2 Å². The van der Waals surface area contributed by atoms with Gasteiger partial charge < -0.3 is 24.8 Å². The number of nitrogen functional groups attached to an aromatic ring is 1. The number of ether oxygens (including phenoxy) is 3. The first-order valence-corrected chi connectivity index (χ1v) is 15.4. The largest absolute Gasteiger partial charge is 0.496 e. The summed E-state index contributed by atoms with van der Waals surface area (Å²) in [7, 11) is -1.51. The van der Waals surface area contributed by atoms with Gasteiger partial charge in [0.1, 0.15) is 33.8 Å². The molecule has 0 bridgehead atoms. The quantitative estimate of drug-likeness (QED) is 0.228. The Morgan fingerprint density at radius 3 is 2.44 bits per heavy atom. The Hall–Kier alpha value is -5.01. The highest BCUT2D eigenvalue weighted by atomic mass is 32.2. The number of hydrogen-bond donors (Lipinski definition) is 2. The molecule has 1 fully saturated rings. The molecule has 3 heterocycles. The number of hydrogen-bond acceptors (Lipinski definition) is 9. The van der Waals surface area contributed by atoms with Crippen molar-refractivity contribution in [2.75, 3.05) is 55.9 Å². The Morgan fingerprint density at radius 1 is 0.911 bits per heavy atom. The number of nitrogens with two attached hydrogens (primary N) is 1. The smallest absolute Gasteiger partial charge is 0.264 e. The highest BCUT2D eigenvalue weighted by Crippen LogP contribution is 2.39. The van der Waals surface area contributed by atoms with Crippen LogP contribution in [0, 0.1) is 11.6 Å². The number of pyridine rings is 2. The molecule has 0 atom stereocenters. The van der Waals surface area contributed by atoms with Gasteiger partial charge in [-0.3, -0.25) is 4.72 Å².